The Morgan fingerprint density at radius 2 is 2.19 bits per heavy atom. The van der Waals surface area contributed by atoms with E-state index in [-0.39, 0.29) is 12.3 Å². The zero-order valence-electron chi connectivity index (χ0n) is 17.5. The van der Waals surface area contributed by atoms with Crippen LogP contribution >= 0.6 is 22.9 Å². The minimum Gasteiger partial charge on any atom is -0.370 e. The average molecular weight is 454 g/mol. The highest BCUT2D eigenvalue weighted by atomic mass is 35.5. The number of amides is 1. The number of aromatic amines is 1. The SMILES string of the molecule is CN(C)C1CCN(c2ccc3nc(NC(=O)Cc4c[nH]c5ccc(Cl)cc45)sc3c2)C1. The molecule has 1 saturated heterocycles. The maximum Gasteiger partial charge on any atom is 0.230 e. The first-order valence-corrected chi connectivity index (χ1v) is 11.5. The van der Waals surface area contributed by atoms with Gasteiger partial charge in [-0.15, -0.1) is 0 Å². The van der Waals surface area contributed by atoms with E-state index in [4.69, 9.17) is 11.6 Å². The van der Waals surface area contributed by atoms with Crippen molar-refractivity contribution in [2.24, 2.45) is 0 Å². The fraction of sp³-hybridized carbons (Fsp3) is 0.304. The second kappa shape index (κ2) is 8.15. The lowest BCUT2D eigenvalue weighted by molar-refractivity contribution is -0.115. The topological polar surface area (TPSA) is 64.3 Å². The molecule has 1 fully saturated rings. The predicted molar refractivity (Wildman–Crippen MR) is 130 cm³/mol. The van der Waals surface area contributed by atoms with Gasteiger partial charge in [0.25, 0.3) is 0 Å². The van der Waals surface area contributed by atoms with Crippen molar-refractivity contribution in [3.63, 3.8) is 0 Å². The molecule has 0 saturated carbocycles. The Kier molecular flexibility index (Phi) is 5.33. The molecular weight excluding hydrogens is 430 g/mol. The number of nitrogens with one attached hydrogen (secondary N) is 2. The fourth-order valence-electron chi connectivity index (χ4n) is 4.19. The number of likely N-dealkylation sites (N-methyl/N-ethyl adjacent to an activating group) is 1. The number of hydrogen-bond acceptors (Lipinski definition) is 5. The lowest BCUT2D eigenvalue weighted by Crippen LogP contribution is -2.31. The molecule has 0 spiro atoms. The Morgan fingerprint density at radius 1 is 1.32 bits per heavy atom. The van der Waals surface area contributed by atoms with Gasteiger partial charge in [-0.2, -0.15) is 0 Å². The van der Waals surface area contributed by atoms with Crippen molar-refractivity contribution in [3.8, 4) is 0 Å². The molecule has 1 atom stereocenters. The molecule has 0 radical (unpaired) electrons. The van der Waals surface area contributed by atoms with E-state index in [2.05, 4.69) is 51.3 Å². The van der Waals surface area contributed by atoms with Crippen LogP contribution in [0.3, 0.4) is 0 Å². The summed E-state index contributed by atoms with van der Waals surface area (Å²) < 4.78 is 1.08. The van der Waals surface area contributed by atoms with E-state index >= 15 is 0 Å². The lowest BCUT2D eigenvalue weighted by atomic mass is 10.1. The summed E-state index contributed by atoms with van der Waals surface area (Å²) in [6.07, 6.45) is 3.30. The monoisotopic (exact) mass is 453 g/mol. The van der Waals surface area contributed by atoms with Crippen LogP contribution in [-0.2, 0) is 11.2 Å². The molecule has 2 aromatic carbocycles. The molecule has 1 aliphatic heterocycles. The maximum absolute atomic E-state index is 12.7. The molecule has 4 aromatic rings. The molecule has 2 aromatic heterocycles. The van der Waals surface area contributed by atoms with Gasteiger partial charge in [-0.1, -0.05) is 22.9 Å². The highest BCUT2D eigenvalue weighted by molar-refractivity contribution is 7.22. The summed E-state index contributed by atoms with van der Waals surface area (Å²) in [7, 11) is 4.28. The largest absolute Gasteiger partial charge is 0.370 e. The highest BCUT2D eigenvalue weighted by Crippen LogP contribution is 2.32. The van der Waals surface area contributed by atoms with E-state index in [1.165, 1.54) is 23.4 Å². The quantitative estimate of drug-likeness (QED) is 0.457. The highest BCUT2D eigenvalue weighted by Gasteiger charge is 2.24. The van der Waals surface area contributed by atoms with Crippen LogP contribution in [0.4, 0.5) is 10.8 Å². The first-order chi connectivity index (χ1) is 15.0. The zero-order valence-corrected chi connectivity index (χ0v) is 19.1. The smallest absolute Gasteiger partial charge is 0.230 e. The molecule has 0 aliphatic carbocycles. The van der Waals surface area contributed by atoms with Crippen molar-refractivity contribution in [3.05, 3.63) is 53.2 Å². The fourth-order valence-corrected chi connectivity index (χ4v) is 5.28. The molecule has 3 heterocycles. The Hall–Kier alpha value is -2.61. The van der Waals surface area contributed by atoms with Gasteiger partial charge in [0.1, 0.15) is 0 Å². The first-order valence-electron chi connectivity index (χ1n) is 10.3. The molecule has 8 heteroatoms. The van der Waals surface area contributed by atoms with Crippen molar-refractivity contribution in [2.75, 3.05) is 37.4 Å². The Balaban J connectivity index is 1.30. The Labute approximate surface area is 189 Å². The number of rotatable bonds is 5. The molecule has 0 bridgehead atoms. The summed E-state index contributed by atoms with van der Waals surface area (Å²) in [4.78, 5) is 25.2. The van der Waals surface area contributed by atoms with Crippen molar-refractivity contribution >= 4 is 60.8 Å². The Bertz CT molecular complexity index is 1260. The number of carbonyl (C=O) groups is 1. The summed E-state index contributed by atoms with van der Waals surface area (Å²) in [6.45, 7) is 2.10. The van der Waals surface area contributed by atoms with Gasteiger partial charge < -0.3 is 20.1 Å². The number of hydrogen-bond donors (Lipinski definition) is 2. The van der Waals surface area contributed by atoms with Crippen LogP contribution in [0.5, 0.6) is 0 Å². The number of fused-ring (bicyclic) bond motifs is 2. The van der Waals surface area contributed by atoms with E-state index in [9.17, 15) is 4.79 Å². The number of H-pyrrole nitrogens is 1. The van der Waals surface area contributed by atoms with Crippen LogP contribution in [0, 0.1) is 0 Å². The van der Waals surface area contributed by atoms with Gasteiger partial charge >= 0.3 is 0 Å². The number of anilines is 2. The molecule has 31 heavy (non-hydrogen) atoms. The van der Waals surface area contributed by atoms with Gasteiger partial charge in [0.2, 0.25) is 5.91 Å². The van der Waals surface area contributed by atoms with Gasteiger partial charge in [-0.05, 0) is 62.5 Å². The van der Waals surface area contributed by atoms with Crippen LogP contribution in [0.1, 0.15) is 12.0 Å². The number of thiazole rings is 1. The molecule has 1 unspecified atom stereocenters. The lowest BCUT2D eigenvalue weighted by Gasteiger charge is -2.21. The van der Waals surface area contributed by atoms with Crippen molar-refractivity contribution < 1.29 is 4.79 Å². The van der Waals surface area contributed by atoms with Crippen molar-refractivity contribution in [1.82, 2.24) is 14.9 Å². The molecule has 160 valence electrons. The van der Waals surface area contributed by atoms with Crippen LogP contribution in [-0.4, -0.2) is 54.0 Å². The third-order valence-corrected chi connectivity index (χ3v) is 7.13. The molecule has 1 amide bonds. The van der Waals surface area contributed by atoms with Crippen LogP contribution in [0.25, 0.3) is 21.1 Å². The Morgan fingerprint density at radius 3 is 3.00 bits per heavy atom. The first kappa shape index (κ1) is 20.3. The van der Waals surface area contributed by atoms with Gasteiger partial charge in [-0.3, -0.25) is 4.79 Å². The van der Waals surface area contributed by atoms with E-state index in [1.807, 2.05) is 30.5 Å². The van der Waals surface area contributed by atoms with Crippen LogP contribution in [0.2, 0.25) is 5.02 Å². The maximum atomic E-state index is 12.7. The minimum atomic E-state index is -0.0893. The van der Waals surface area contributed by atoms with E-state index in [1.54, 1.807) is 0 Å². The summed E-state index contributed by atoms with van der Waals surface area (Å²) in [5.41, 5.74) is 4.02. The van der Waals surface area contributed by atoms with Crippen LogP contribution in [0.15, 0.2) is 42.6 Å². The normalized spacial score (nSPS) is 16.6. The standard InChI is InChI=1S/C23H24ClN5OS/c1-28(2)17-7-8-29(13-17)16-4-6-20-21(11-16)31-23(26-20)27-22(30)9-14-12-25-19-5-3-15(24)10-18(14)19/h3-6,10-12,17,25H,7-9,13H2,1-2H3,(H,26,27,30). The molecule has 2 N–H and O–H groups in total. The summed E-state index contributed by atoms with van der Waals surface area (Å²) in [5, 5.41) is 5.22. The van der Waals surface area contributed by atoms with E-state index < -0.39 is 0 Å². The molecule has 1 aliphatic rings. The molecule has 5 rings (SSSR count). The zero-order chi connectivity index (χ0) is 21.5. The van der Waals surface area contributed by atoms with E-state index in [0.29, 0.717) is 16.2 Å². The van der Waals surface area contributed by atoms with E-state index in [0.717, 1.165) is 39.8 Å². The second-order valence-corrected chi connectivity index (χ2v) is 9.72. The van der Waals surface area contributed by atoms with Crippen molar-refractivity contribution in [1.29, 1.82) is 0 Å². The number of aromatic nitrogens is 2. The summed E-state index contributed by atoms with van der Waals surface area (Å²) in [6, 6.07) is 12.6. The van der Waals surface area contributed by atoms with Gasteiger partial charge in [-0.25, -0.2) is 4.98 Å². The van der Waals surface area contributed by atoms with Gasteiger partial charge in [0.05, 0.1) is 16.6 Å². The number of benzene rings is 2. The molecule has 6 nitrogen and oxygen atoms in total. The minimum absolute atomic E-state index is 0.0893. The predicted octanol–water partition coefficient (Wildman–Crippen LogP) is 4.75. The number of nitrogens with zero attached hydrogens (tertiary/aromatic N) is 3. The third-order valence-electron chi connectivity index (χ3n) is 5.96. The van der Waals surface area contributed by atoms with Gasteiger partial charge in [0.15, 0.2) is 5.13 Å². The third kappa shape index (κ3) is 4.13. The molecular formula is C23H24ClN5OS. The average Bonchev–Trinajstić information content (AvgIpc) is 3.45. The van der Waals surface area contributed by atoms with Crippen molar-refractivity contribution in [2.45, 2.75) is 18.9 Å². The second-order valence-electron chi connectivity index (χ2n) is 8.25. The van der Waals surface area contributed by atoms with Crippen LogP contribution < -0.4 is 10.2 Å². The summed E-state index contributed by atoms with van der Waals surface area (Å²) in [5.74, 6) is -0.0893. The number of carbonyl (C=O) groups excluding carboxylic acids is 1. The van der Waals surface area contributed by atoms with Gasteiger partial charge in [0, 0.05) is 46.9 Å². The summed E-state index contributed by atoms with van der Waals surface area (Å²) >= 11 is 7.63. The number of halogens is 1.